The first kappa shape index (κ1) is 8.68. The number of hydroxylamine groups is 2. The van der Waals surface area contributed by atoms with E-state index in [1.807, 2.05) is 25.1 Å². The molecular formula is C12H12N2O. The molecule has 1 N–H and O–H groups in total. The minimum absolute atomic E-state index is 0.661. The molecule has 0 bridgehead atoms. The van der Waals surface area contributed by atoms with Crippen LogP contribution in [0.4, 0.5) is 0 Å². The Bertz CT molecular complexity index is 572. The third-order valence-corrected chi connectivity index (χ3v) is 3.05. The van der Waals surface area contributed by atoms with Crippen LogP contribution in [0.25, 0.3) is 5.57 Å². The van der Waals surface area contributed by atoms with Crippen LogP contribution in [0.1, 0.15) is 13.3 Å². The van der Waals surface area contributed by atoms with E-state index in [1.54, 1.807) is 0 Å². The van der Waals surface area contributed by atoms with Crippen molar-refractivity contribution in [2.75, 3.05) is 6.54 Å². The molecule has 0 aliphatic carbocycles. The molecule has 0 saturated heterocycles. The van der Waals surface area contributed by atoms with Gasteiger partial charge in [0.1, 0.15) is 0 Å². The van der Waals surface area contributed by atoms with E-state index in [0.29, 0.717) is 6.54 Å². The second-order valence-electron chi connectivity index (χ2n) is 3.91. The predicted octanol–water partition coefficient (Wildman–Crippen LogP) is 0.797. The normalized spacial score (nSPS) is 18.8. The van der Waals surface area contributed by atoms with Crippen LogP contribution in [-0.2, 0) is 0 Å². The number of fused-ring (bicyclic) bond motifs is 2. The molecule has 2 aliphatic rings. The molecule has 0 spiro atoms. The molecule has 76 valence electrons. The van der Waals surface area contributed by atoms with Gasteiger partial charge in [0.15, 0.2) is 0 Å². The predicted molar refractivity (Wildman–Crippen MR) is 56.4 cm³/mol. The van der Waals surface area contributed by atoms with Crippen molar-refractivity contribution < 1.29 is 5.21 Å². The van der Waals surface area contributed by atoms with Crippen molar-refractivity contribution in [2.24, 2.45) is 4.99 Å². The molecule has 1 aromatic carbocycles. The minimum atomic E-state index is 0.661. The van der Waals surface area contributed by atoms with Gasteiger partial charge >= 0.3 is 0 Å². The van der Waals surface area contributed by atoms with Crippen LogP contribution in [0.3, 0.4) is 0 Å². The van der Waals surface area contributed by atoms with Crippen LogP contribution < -0.4 is 10.6 Å². The van der Waals surface area contributed by atoms with Crippen LogP contribution in [0.15, 0.2) is 40.7 Å². The molecule has 0 saturated carbocycles. The fourth-order valence-corrected chi connectivity index (χ4v) is 2.20. The SMILES string of the molecule is CC1=C2N=c3ccccc3=C2CCN1O. The second-order valence-corrected chi connectivity index (χ2v) is 3.91. The molecule has 3 heteroatoms. The van der Waals surface area contributed by atoms with Crippen LogP contribution in [0.5, 0.6) is 0 Å². The van der Waals surface area contributed by atoms with Gasteiger partial charge in [-0.3, -0.25) is 10.3 Å². The van der Waals surface area contributed by atoms with E-state index < -0.39 is 0 Å². The van der Waals surface area contributed by atoms with Crippen molar-refractivity contribution in [2.45, 2.75) is 13.3 Å². The minimum Gasteiger partial charge on any atom is -0.289 e. The van der Waals surface area contributed by atoms with Gasteiger partial charge in [-0.25, -0.2) is 4.99 Å². The van der Waals surface area contributed by atoms with Crippen molar-refractivity contribution in [3.05, 3.63) is 46.2 Å². The smallest absolute Gasteiger partial charge is 0.0888 e. The van der Waals surface area contributed by atoms with E-state index >= 15 is 0 Å². The highest BCUT2D eigenvalue weighted by atomic mass is 16.5. The van der Waals surface area contributed by atoms with E-state index in [4.69, 9.17) is 0 Å². The Balaban J connectivity index is 2.38. The summed E-state index contributed by atoms with van der Waals surface area (Å²) in [5.74, 6) is 0. The molecule has 3 nitrogen and oxygen atoms in total. The fourth-order valence-electron chi connectivity index (χ4n) is 2.20. The lowest BCUT2D eigenvalue weighted by Gasteiger charge is -2.24. The summed E-state index contributed by atoms with van der Waals surface area (Å²) in [6.45, 7) is 2.57. The number of hydrogen-bond acceptors (Lipinski definition) is 3. The Kier molecular flexibility index (Phi) is 1.70. The first-order chi connectivity index (χ1) is 7.27. The van der Waals surface area contributed by atoms with E-state index in [1.165, 1.54) is 15.9 Å². The van der Waals surface area contributed by atoms with Crippen LogP contribution in [0.2, 0.25) is 0 Å². The Hall–Kier alpha value is -1.61. The maximum absolute atomic E-state index is 9.61. The molecule has 15 heavy (non-hydrogen) atoms. The number of para-hydroxylation sites is 1. The van der Waals surface area contributed by atoms with Crippen molar-refractivity contribution >= 4 is 5.57 Å². The molecule has 2 aliphatic heterocycles. The lowest BCUT2D eigenvalue weighted by molar-refractivity contribution is -0.0563. The molecule has 0 aromatic heterocycles. The van der Waals surface area contributed by atoms with Gasteiger partial charge in [0.2, 0.25) is 0 Å². The Morgan fingerprint density at radius 3 is 3.00 bits per heavy atom. The standard InChI is InChI=1S/C12H12N2O/c1-8-12-10(6-7-14(8)15)9-4-2-3-5-11(9)13-12/h2-5,15H,6-7H2,1H3. The fraction of sp³-hybridized carbons (Fsp3) is 0.250. The lowest BCUT2D eigenvalue weighted by atomic mass is 10.0. The zero-order chi connectivity index (χ0) is 10.4. The largest absolute Gasteiger partial charge is 0.289 e. The molecule has 1 aromatic rings. The molecule has 2 heterocycles. The summed E-state index contributed by atoms with van der Waals surface area (Å²) in [7, 11) is 0. The average Bonchev–Trinajstić information content (AvgIpc) is 2.63. The summed E-state index contributed by atoms with van der Waals surface area (Å²) in [6.07, 6.45) is 0.865. The van der Waals surface area contributed by atoms with Crippen LogP contribution in [-0.4, -0.2) is 16.8 Å². The number of rotatable bonds is 0. The third-order valence-electron chi connectivity index (χ3n) is 3.05. The van der Waals surface area contributed by atoms with Gasteiger partial charge in [-0.1, -0.05) is 18.2 Å². The maximum Gasteiger partial charge on any atom is 0.0888 e. The number of hydrogen-bond donors (Lipinski definition) is 1. The zero-order valence-corrected chi connectivity index (χ0v) is 8.57. The zero-order valence-electron chi connectivity index (χ0n) is 8.57. The highest BCUT2D eigenvalue weighted by Crippen LogP contribution is 2.27. The Labute approximate surface area is 87.6 Å². The molecule has 0 unspecified atom stereocenters. The van der Waals surface area contributed by atoms with Crippen LogP contribution in [0, 0.1) is 0 Å². The first-order valence-electron chi connectivity index (χ1n) is 5.12. The summed E-state index contributed by atoms with van der Waals surface area (Å²) in [4.78, 5) is 4.55. The topological polar surface area (TPSA) is 35.8 Å². The van der Waals surface area contributed by atoms with E-state index in [9.17, 15) is 5.21 Å². The summed E-state index contributed by atoms with van der Waals surface area (Å²) < 4.78 is 0. The van der Waals surface area contributed by atoms with Crippen molar-refractivity contribution in [3.63, 3.8) is 0 Å². The molecule has 0 amide bonds. The third kappa shape index (κ3) is 1.13. The molecular weight excluding hydrogens is 188 g/mol. The number of benzene rings is 1. The first-order valence-corrected chi connectivity index (χ1v) is 5.12. The number of allylic oxidation sites excluding steroid dienone is 2. The monoisotopic (exact) mass is 200 g/mol. The van der Waals surface area contributed by atoms with E-state index in [0.717, 1.165) is 23.2 Å². The average molecular weight is 200 g/mol. The highest BCUT2D eigenvalue weighted by Gasteiger charge is 2.22. The van der Waals surface area contributed by atoms with Crippen molar-refractivity contribution in [3.8, 4) is 0 Å². The van der Waals surface area contributed by atoms with Gasteiger partial charge < -0.3 is 0 Å². The van der Waals surface area contributed by atoms with Gasteiger partial charge in [0.25, 0.3) is 0 Å². The molecule has 0 atom stereocenters. The van der Waals surface area contributed by atoms with Gasteiger partial charge in [-0.15, -0.1) is 0 Å². The van der Waals surface area contributed by atoms with Gasteiger partial charge in [-0.05, 0) is 25.0 Å². The quantitative estimate of drug-likeness (QED) is 0.672. The van der Waals surface area contributed by atoms with Crippen molar-refractivity contribution in [1.29, 1.82) is 0 Å². The maximum atomic E-state index is 9.61. The van der Waals surface area contributed by atoms with Gasteiger partial charge in [-0.2, -0.15) is 0 Å². The molecule has 0 fully saturated rings. The van der Waals surface area contributed by atoms with Gasteiger partial charge in [0.05, 0.1) is 16.8 Å². The molecule has 0 radical (unpaired) electrons. The molecule has 3 rings (SSSR count). The Morgan fingerprint density at radius 2 is 2.13 bits per heavy atom. The highest BCUT2D eigenvalue weighted by molar-refractivity contribution is 5.68. The summed E-state index contributed by atoms with van der Waals surface area (Å²) in [5, 5.41) is 13.1. The Morgan fingerprint density at radius 1 is 1.33 bits per heavy atom. The van der Waals surface area contributed by atoms with Crippen LogP contribution >= 0.6 is 0 Å². The van der Waals surface area contributed by atoms with Crippen molar-refractivity contribution in [1.82, 2.24) is 5.06 Å². The van der Waals surface area contributed by atoms with Gasteiger partial charge in [0, 0.05) is 11.8 Å². The van der Waals surface area contributed by atoms with E-state index in [-0.39, 0.29) is 0 Å². The second kappa shape index (κ2) is 2.94. The summed E-state index contributed by atoms with van der Waals surface area (Å²) >= 11 is 0. The summed E-state index contributed by atoms with van der Waals surface area (Å²) in [6, 6.07) is 8.14. The lowest BCUT2D eigenvalue weighted by Crippen LogP contribution is -2.27. The summed E-state index contributed by atoms with van der Waals surface area (Å²) in [5.41, 5.74) is 3.07. The number of nitrogens with zero attached hydrogens (tertiary/aromatic N) is 2. The van der Waals surface area contributed by atoms with E-state index in [2.05, 4.69) is 11.1 Å².